The van der Waals surface area contributed by atoms with Crippen molar-refractivity contribution in [3.63, 3.8) is 0 Å². The van der Waals surface area contributed by atoms with Gasteiger partial charge in [0, 0.05) is 16.1 Å². The van der Waals surface area contributed by atoms with Gasteiger partial charge in [-0.15, -0.1) is 0 Å². The maximum Gasteiger partial charge on any atom is 0.134 e. The van der Waals surface area contributed by atoms with Gasteiger partial charge in [0.1, 0.15) is 5.75 Å². The molecule has 4 aromatic rings. The van der Waals surface area contributed by atoms with Crippen LogP contribution in [0, 0.1) is 0 Å². The normalized spacial score (nSPS) is 10.0. The number of hydrogen-bond acceptors (Lipinski definition) is 1. The first-order chi connectivity index (χ1) is 13.2. The van der Waals surface area contributed by atoms with Crippen molar-refractivity contribution < 1.29 is 5.11 Å². The van der Waals surface area contributed by atoms with Crippen molar-refractivity contribution in [2.24, 2.45) is 0 Å². The Morgan fingerprint density at radius 3 is 1.56 bits per heavy atom. The Morgan fingerprint density at radius 2 is 0.963 bits per heavy atom. The number of rotatable bonds is 2. The Morgan fingerprint density at radius 1 is 0.481 bits per heavy atom. The summed E-state index contributed by atoms with van der Waals surface area (Å²) in [6.07, 6.45) is 0. The third-order valence-corrected chi connectivity index (χ3v) is 4.75. The summed E-state index contributed by atoms with van der Waals surface area (Å²) in [6.45, 7) is 0. The molecule has 0 heterocycles. The second-order valence-electron chi connectivity index (χ2n) is 5.85. The summed E-state index contributed by atoms with van der Waals surface area (Å²) in [6, 6.07) is 33.0. The molecular formula is C24H18Cl2O. The maximum atomic E-state index is 9.43. The van der Waals surface area contributed by atoms with Crippen molar-refractivity contribution >= 4 is 23.2 Å². The van der Waals surface area contributed by atoms with Gasteiger partial charge in [0.05, 0.1) is 5.02 Å². The minimum Gasteiger partial charge on any atom is -0.506 e. The van der Waals surface area contributed by atoms with Crippen LogP contribution in [0.25, 0.3) is 22.3 Å². The summed E-state index contributed by atoms with van der Waals surface area (Å²) in [5.41, 5.74) is 4.11. The molecule has 0 saturated heterocycles. The van der Waals surface area contributed by atoms with Crippen LogP contribution in [0.4, 0.5) is 0 Å². The third-order valence-electron chi connectivity index (χ3n) is 4.02. The van der Waals surface area contributed by atoms with Crippen LogP contribution in [0.15, 0.2) is 103 Å². The lowest BCUT2D eigenvalue weighted by Gasteiger charge is -2.05. The Bertz CT molecular complexity index is 999. The van der Waals surface area contributed by atoms with Crippen molar-refractivity contribution in [1.29, 1.82) is 0 Å². The van der Waals surface area contributed by atoms with Crippen molar-refractivity contribution in [1.82, 2.24) is 0 Å². The number of phenolic OH excluding ortho intramolecular Hbond substituents is 1. The largest absolute Gasteiger partial charge is 0.506 e. The molecule has 0 spiro atoms. The topological polar surface area (TPSA) is 20.2 Å². The van der Waals surface area contributed by atoms with Gasteiger partial charge in [-0.3, -0.25) is 0 Å². The van der Waals surface area contributed by atoms with Gasteiger partial charge in [0.2, 0.25) is 0 Å². The molecule has 134 valence electrons. The molecule has 3 heteroatoms. The van der Waals surface area contributed by atoms with Crippen LogP contribution >= 0.6 is 23.2 Å². The Balaban J connectivity index is 0.000000156. The molecule has 4 rings (SSSR count). The van der Waals surface area contributed by atoms with Crippen LogP contribution in [0.1, 0.15) is 0 Å². The highest BCUT2D eigenvalue weighted by molar-refractivity contribution is 6.34. The van der Waals surface area contributed by atoms with E-state index in [-0.39, 0.29) is 5.75 Å². The zero-order chi connectivity index (χ0) is 19.1. The summed E-state index contributed by atoms with van der Waals surface area (Å²) in [7, 11) is 0. The smallest absolute Gasteiger partial charge is 0.134 e. The number of aromatic hydroxyl groups is 1. The highest BCUT2D eigenvalue weighted by atomic mass is 35.5. The van der Waals surface area contributed by atoms with Gasteiger partial charge in [0.25, 0.3) is 0 Å². The first kappa shape index (κ1) is 19.0. The highest BCUT2D eigenvalue weighted by Crippen LogP contribution is 2.34. The lowest BCUT2D eigenvalue weighted by atomic mass is 10.1. The molecule has 27 heavy (non-hydrogen) atoms. The number of benzene rings is 4. The number of hydrogen-bond donors (Lipinski definition) is 1. The van der Waals surface area contributed by atoms with Crippen LogP contribution in [0.3, 0.4) is 0 Å². The maximum absolute atomic E-state index is 9.43. The van der Waals surface area contributed by atoms with E-state index in [9.17, 15) is 5.11 Å². The van der Waals surface area contributed by atoms with Gasteiger partial charge in [0.15, 0.2) is 0 Å². The molecule has 0 aliphatic rings. The zero-order valence-electron chi connectivity index (χ0n) is 14.5. The fourth-order valence-corrected chi connectivity index (χ4v) is 3.15. The van der Waals surface area contributed by atoms with E-state index in [1.54, 1.807) is 12.1 Å². The molecule has 0 atom stereocenters. The predicted molar refractivity (Wildman–Crippen MR) is 115 cm³/mol. The van der Waals surface area contributed by atoms with Gasteiger partial charge < -0.3 is 5.11 Å². The lowest BCUT2D eigenvalue weighted by Crippen LogP contribution is -1.78. The summed E-state index contributed by atoms with van der Waals surface area (Å²) in [4.78, 5) is 0. The van der Waals surface area contributed by atoms with Crippen LogP contribution in [0.5, 0.6) is 5.75 Å². The first-order valence-electron chi connectivity index (χ1n) is 8.49. The van der Waals surface area contributed by atoms with Crippen molar-refractivity contribution in [3.8, 4) is 28.0 Å². The number of phenols is 1. The van der Waals surface area contributed by atoms with Crippen LogP contribution in [-0.4, -0.2) is 5.11 Å². The summed E-state index contributed by atoms with van der Waals surface area (Å²) in [5, 5.41) is 10.6. The second-order valence-corrected chi connectivity index (χ2v) is 6.64. The molecule has 0 radical (unpaired) electrons. The molecule has 0 aromatic heterocycles. The summed E-state index contributed by atoms with van der Waals surface area (Å²) < 4.78 is 0. The molecule has 0 aliphatic carbocycles. The summed E-state index contributed by atoms with van der Waals surface area (Å²) in [5.74, 6) is 0.119. The Hall–Kier alpha value is -2.74. The monoisotopic (exact) mass is 392 g/mol. The molecule has 0 amide bonds. The molecule has 1 N–H and O–H groups in total. The predicted octanol–water partition coefficient (Wildman–Crippen LogP) is 7.72. The molecule has 0 fully saturated rings. The van der Waals surface area contributed by atoms with E-state index in [1.807, 2.05) is 78.9 Å². The second kappa shape index (κ2) is 9.27. The van der Waals surface area contributed by atoms with E-state index < -0.39 is 0 Å². The number of halogens is 2. The lowest BCUT2D eigenvalue weighted by molar-refractivity contribution is 0.476. The SMILES string of the molecule is Clc1ccccc1-c1ccccc1.Oc1cccc(-c2ccccc2)c1Cl. The average molecular weight is 393 g/mol. The molecule has 0 unspecified atom stereocenters. The Labute approximate surface area is 169 Å². The van der Waals surface area contributed by atoms with Crippen LogP contribution in [0.2, 0.25) is 10.0 Å². The van der Waals surface area contributed by atoms with E-state index in [2.05, 4.69) is 12.1 Å². The van der Waals surface area contributed by atoms with Crippen molar-refractivity contribution in [2.75, 3.05) is 0 Å². The van der Waals surface area contributed by atoms with Gasteiger partial charge in [-0.05, 0) is 23.3 Å². The van der Waals surface area contributed by atoms with E-state index in [1.165, 1.54) is 0 Å². The molecule has 4 aromatic carbocycles. The molecule has 0 bridgehead atoms. The van der Waals surface area contributed by atoms with Gasteiger partial charge >= 0.3 is 0 Å². The first-order valence-corrected chi connectivity index (χ1v) is 9.25. The molecular weight excluding hydrogens is 375 g/mol. The minimum atomic E-state index is 0.119. The standard InChI is InChI=1S/C12H9ClO.C12H9Cl/c13-12-10(7-4-8-11(12)14)9-5-2-1-3-6-9;13-12-9-5-4-8-11(12)10-6-2-1-3-7-10/h1-8,14H;1-9H. The fourth-order valence-electron chi connectivity index (χ4n) is 2.67. The van der Waals surface area contributed by atoms with Crippen LogP contribution in [-0.2, 0) is 0 Å². The van der Waals surface area contributed by atoms with Crippen LogP contribution < -0.4 is 0 Å². The molecule has 1 nitrogen and oxygen atoms in total. The minimum absolute atomic E-state index is 0.119. The van der Waals surface area contributed by atoms with Gasteiger partial charge in [-0.1, -0.05) is 114 Å². The average Bonchev–Trinajstić information content (AvgIpc) is 2.72. The van der Waals surface area contributed by atoms with E-state index >= 15 is 0 Å². The molecule has 0 saturated carbocycles. The Kier molecular flexibility index (Phi) is 6.54. The fraction of sp³-hybridized carbons (Fsp3) is 0. The van der Waals surface area contributed by atoms with E-state index in [0.29, 0.717) is 5.02 Å². The van der Waals surface area contributed by atoms with E-state index in [4.69, 9.17) is 23.2 Å². The summed E-state index contributed by atoms with van der Waals surface area (Å²) >= 11 is 12.0. The van der Waals surface area contributed by atoms with Gasteiger partial charge in [-0.2, -0.15) is 0 Å². The quantitative estimate of drug-likeness (QED) is 0.370. The van der Waals surface area contributed by atoms with Crippen molar-refractivity contribution in [2.45, 2.75) is 0 Å². The zero-order valence-corrected chi connectivity index (χ0v) is 16.0. The third kappa shape index (κ3) is 4.91. The van der Waals surface area contributed by atoms with Crippen molar-refractivity contribution in [3.05, 3.63) is 113 Å². The highest BCUT2D eigenvalue weighted by Gasteiger charge is 2.05. The van der Waals surface area contributed by atoms with E-state index in [0.717, 1.165) is 27.3 Å². The molecule has 0 aliphatic heterocycles. The van der Waals surface area contributed by atoms with Gasteiger partial charge in [-0.25, -0.2) is 0 Å².